The maximum absolute atomic E-state index is 5.79. The lowest BCUT2D eigenvalue weighted by Gasteiger charge is -2.27. The van der Waals surface area contributed by atoms with Gasteiger partial charge in [-0.2, -0.15) is 15.0 Å². The summed E-state index contributed by atoms with van der Waals surface area (Å²) in [5.41, 5.74) is 0. The molecule has 2 unspecified atom stereocenters. The molecular weight excluding hydrogens is 247 g/mol. The second-order valence-electron chi connectivity index (χ2n) is 4.07. The molecule has 1 aliphatic rings. The fourth-order valence-corrected chi connectivity index (χ4v) is 2.62. The Morgan fingerprint density at radius 2 is 1.81 bits per heavy atom. The zero-order valence-corrected chi connectivity index (χ0v) is 10.8. The Labute approximate surface area is 105 Å². The van der Waals surface area contributed by atoms with E-state index in [0.29, 0.717) is 18.0 Å². The van der Waals surface area contributed by atoms with E-state index in [1.807, 2.05) is 0 Å². The molecule has 0 bridgehead atoms. The first-order valence-electron chi connectivity index (χ1n) is 5.47. The molecule has 1 fully saturated rings. The lowest BCUT2D eigenvalue weighted by atomic mass is 10.2. The number of nitrogens with zero attached hydrogens (tertiary/aromatic N) is 4. The Morgan fingerprint density at radius 3 is 2.38 bits per heavy atom. The molecule has 16 heavy (non-hydrogen) atoms. The number of aromatic nitrogens is 3. The molecule has 0 N–H and O–H groups in total. The van der Waals surface area contributed by atoms with E-state index >= 15 is 0 Å². The van der Waals surface area contributed by atoms with Gasteiger partial charge in [0.05, 0.1) is 0 Å². The lowest BCUT2D eigenvalue weighted by molar-refractivity contribution is 0.611. The Balaban J connectivity index is 2.34. The van der Waals surface area contributed by atoms with Crippen molar-refractivity contribution in [3.8, 4) is 0 Å². The summed E-state index contributed by atoms with van der Waals surface area (Å²) in [5, 5.41) is 0.313. The van der Waals surface area contributed by atoms with E-state index in [2.05, 4.69) is 33.7 Å². The van der Waals surface area contributed by atoms with Crippen molar-refractivity contribution in [3.05, 3.63) is 10.6 Å². The van der Waals surface area contributed by atoms with Crippen LogP contribution in [0.5, 0.6) is 0 Å². The first kappa shape index (κ1) is 11.9. The minimum Gasteiger partial charge on any atom is -0.335 e. The minimum atomic E-state index is 0.156. The van der Waals surface area contributed by atoms with Gasteiger partial charge in [0.25, 0.3) is 0 Å². The summed E-state index contributed by atoms with van der Waals surface area (Å²) in [5.74, 6) is 0.599. The number of halogens is 2. The molecule has 88 valence electrons. The van der Waals surface area contributed by atoms with Crippen LogP contribution in [-0.2, 0) is 0 Å². The zero-order chi connectivity index (χ0) is 11.7. The van der Waals surface area contributed by atoms with Crippen molar-refractivity contribution in [2.24, 2.45) is 0 Å². The molecular formula is C10H14Cl2N4. The van der Waals surface area contributed by atoms with Crippen LogP contribution in [-0.4, -0.2) is 27.0 Å². The molecule has 0 saturated carbocycles. The van der Waals surface area contributed by atoms with Crippen LogP contribution in [0.15, 0.2) is 0 Å². The predicted octanol–water partition coefficient (Wildman–Crippen LogP) is 2.95. The molecule has 0 aliphatic carbocycles. The van der Waals surface area contributed by atoms with E-state index in [9.17, 15) is 0 Å². The first-order chi connectivity index (χ1) is 7.61. The summed E-state index contributed by atoms with van der Waals surface area (Å²) in [6, 6.07) is 0.906. The highest BCUT2D eigenvalue weighted by atomic mass is 35.5. The molecule has 1 aliphatic heterocycles. The van der Waals surface area contributed by atoms with Gasteiger partial charge < -0.3 is 4.90 Å². The number of hydrogen-bond donors (Lipinski definition) is 0. The molecule has 4 nitrogen and oxygen atoms in total. The molecule has 2 rings (SSSR count). The van der Waals surface area contributed by atoms with E-state index < -0.39 is 0 Å². The van der Waals surface area contributed by atoms with Crippen molar-refractivity contribution in [1.29, 1.82) is 0 Å². The SMILES string of the molecule is CCC1CCC(C)N1c1nc(Cl)nc(Cl)n1. The van der Waals surface area contributed by atoms with E-state index in [1.165, 1.54) is 6.42 Å². The van der Waals surface area contributed by atoms with Crippen molar-refractivity contribution in [1.82, 2.24) is 15.0 Å². The van der Waals surface area contributed by atoms with E-state index in [-0.39, 0.29) is 10.6 Å². The van der Waals surface area contributed by atoms with Gasteiger partial charge >= 0.3 is 0 Å². The van der Waals surface area contributed by atoms with Gasteiger partial charge in [0.15, 0.2) is 0 Å². The Hall–Kier alpha value is -0.610. The lowest BCUT2D eigenvalue weighted by Crippen LogP contribution is -2.35. The van der Waals surface area contributed by atoms with Crippen LogP contribution in [0.2, 0.25) is 10.6 Å². The summed E-state index contributed by atoms with van der Waals surface area (Å²) in [6.07, 6.45) is 3.39. The molecule has 6 heteroatoms. The van der Waals surface area contributed by atoms with Crippen LogP contribution < -0.4 is 4.90 Å². The number of rotatable bonds is 2. The summed E-state index contributed by atoms with van der Waals surface area (Å²) in [4.78, 5) is 14.3. The normalized spacial score (nSPS) is 25.1. The third-order valence-electron chi connectivity index (χ3n) is 3.06. The van der Waals surface area contributed by atoms with Crippen molar-refractivity contribution < 1.29 is 0 Å². The summed E-state index contributed by atoms with van der Waals surface area (Å²) in [6.45, 7) is 4.33. The topological polar surface area (TPSA) is 41.9 Å². The Morgan fingerprint density at radius 1 is 1.19 bits per heavy atom. The molecule has 0 aromatic carbocycles. The van der Waals surface area contributed by atoms with Gasteiger partial charge in [-0.3, -0.25) is 0 Å². The standard InChI is InChI=1S/C10H14Cl2N4/c1-3-7-5-4-6(2)16(7)10-14-8(11)13-9(12)15-10/h6-7H,3-5H2,1-2H3. The molecule has 2 atom stereocenters. The van der Waals surface area contributed by atoms with E-state index in [1.54, 1.807) is 0 Å². The van der Waals surface area contributed by atoms with Crippen molar-refractivity contribution in [2.75, 3.05) is 4.90 Å². The third kappa shape index (κ3) is 2.23. The van der Waals surface area contributed by atoms with Gasteiger partial charge in [0.1, 0.15) is 0 Å². The van der Waals surface area contributed by atoms with Crippen LogP contribution in [0.25, 0.3) is 0 Å². The van der Waals surface area contributed by atoms with Crippen molar-refractivity contribution in [2.45, 2.75) is 45.2 Å². The molecule has 0 radical (unpaired) electrons. The minimum absolute atomic E-state index is 0.156. The van der Waals surface area contributed by atoms with Gasteiger partial charge in [0.2, 0.25) is 16.5 Å². The van der Waals surface area contributed by atoms with Gasteiger partial charge in [-0.05, 0) is 49.4 Å². The molecule has 0 spiro atoms. The molecule has 2 heterocycles. The summed E-state index contributed by atoms with van der Waals surface area (Å²) < 4.78 is 0. The van der Waals surface area contributed by atoms with Crippen LogP contribution >= 0.6 is 23.2 Å². The van der Waals surface area contributed by atoms with Gasteiger partial charge in [-0.15, -0.1) is 0 Å². The molecule has 1 saturated heterocycles. The van der Waals surface area contributed by atoms with E-state index in [4.69, 9.17) is 23.2 Å². The second kappa shape index (κ2) is 4.72. The summed E-state index contributed by atoms with van der Waals surface area (Å²) >= 11 is 11.6. The Bertz CT molecular complexity index is 365. The van der Waals surface area contributed by atoms with Gasteiger partial charge in [-0.25, -0.2) is 0 Å². The zero-order valence-electron chi connectivity index (χ0n) is 9.32. The smallest absolute Gasteiger partial charge is 0.231 e. The van der Waals surface area contributed by atoms with Crippen LogP contribution in [0.3, 0.4) is 0 Å². The predicted molar refractivity (Wildman–Crippen MR) is 65.1 cm³/mol. The quantitative estimate of drug-likeness (QED) is 0.820. The molecule has 1 aromatic heterocycles. The summed E-state index contributed by atoms with van der Waals surface area (Å²) in [7, 11) is 0. The maximum Gasteiger partial charge on any atom is 0.231 e. The highest BCUT2D eigenvalue weighted by Crippen LogP contribution is 2.30. The van der Waals surface area contributed by atoms with Gasteiger partial charge in [-0.1, -0.05) is 6.92 Å². The average Bonchev–Trinajstić information content (AvgIpc) is 2.58. The number of anilines is 1. The number of hydrogen-bond acceptors (Lipinski definition) is 4. The van der Waals surface area contributed by atoms with Crippen molar-refractivity contribution >= 4 is 29.2 Å². The van der Waals surface area contributed by atoms with Crippen molar-refractivity contribution in [3.63, 3.8) is 0 Å². The monoisotopic (exact) mass is 260 g/mol. The molecule has 1 aromatic rings. The molecule has 0 amide bonds. The van der Waals surface area contributed by atoms with Crippen LogP contribution in [0, 0.1) is 0 Å². The van der Waals surface area contributed by atoms with Crippen LogP contribution in [0.1, 0.15) is 33.1 Å². The largest absolute Gasteiger partial charge is 0.335 e. The van der Waals surface area contributed by atoms with Gasteiger partial charge in [0, 0.05) is 12.1 Å². The Kier molecular flexibility index (Phi) is 3.50. The van der Waals surface area contributed by atoms with E-state index in [0.717, 1.165) is 12.8 Å². The fourth-order valence-electron chi connectivity index (χ4n) is 2.26. The highest BCUT2D eigenvalue weighted by Gasteiger charge is 2.31. The highest BCUT2D eigenvalue weighted by molar-refractivity contribution is 6.31. The first-order valence-corrected chi connectivity index (χ1v) is 6.22. The fraction of sp³-hybridized carbons (Fsp3) is 0.700. The average molecular weight is 261 g/mol. The third-order valence-corrected chi connectivity index (χ3v) is 3.40. The maximum atomic E-state index is 5.79. The second-order valence-corrected chi connectivity index (χ2v) is 4.75. The van der Waals surface area contributed by atoms with Crippen LogP contribution in [0.4, 0.5) is 5.95 Å².